The van der Waals surface area contributed by atoms with E-state index in [1.165, 1.54) is 0 Å². The standard InChI is InChI=1S/6C17H10N4O2.6Pt/c3*1-19-4-5-21(11-19)15-9-22-16-6-12-8-23-17(13(12)7-14(15)16)20-3-2-18-10-20;3*1-19-4-5-21(11-19)17-13-7-14-15(20-3-2-18-10-20)9-22-16(14)6-12(13)8-23-17;;;;;;/h6*2-6,8-9H,1H3;;;;;;/q6*-2;;;;;;. The molecule has 0 aliphatic carbocycles. The van der Waals surface area contributed by atoms with Gasteiger partial charge in [-0.05, 0) is 64.6 Å². The minimum absolute atomic E-state index is 0. The molecule has 36 nitrogen and oxygen atoms in total. The zero-order chi connectivity index (χ0) is 92.3. The van der Waals surface area contributed by atoms with Gasteiger partial charge in [0.25, 0.3) is 0 Å². The van der Waals surface area contributed by atoms with E-state index < -0.39 is 0 Å². The van der Waals surface area contributed by atoms with Gasteiger partial charge in [0.05, 0.1) is 168 Å². The molecular formula is C102H60N24O12Pt6-12. The summed E-state index contributed by atoms with van der Waals surface area (Å²) in [6.07, 6.45) is 99.9. The Morgan fingerprint density at radius 1 is 0.188 bits per heavy atom. The maximum atomic E-state index is 5.70. The number of nitrogens with zero attached hydrogens (tertiary/aromatic N) is 24. The summed E-state index contributed by atoms with van der Waals surface area (Å²) < 4.78 is 100. The number of aryl methyl sites for hydroxylation is 6. The first-order valence-corrected chi connectivity index (χ1v) is 42.1. The molecule has 42 heteroatoms. The van der Waals surface area contributed by atoms with Gasteiger partial charge in [0.15, 0.2) is 0 Å². The normalized spacial score (nSPS) is 11.2. The van der Waals surface area contributed by atoms with E-state index >= 15 is 0 Å². The van der Waals surface area contributed by atoms with E-state index in [-0.39, 0.29) is 126 Å². The Morgan fingerprint density at radius 3 is 0.521 bits per heavy atom. The second-order valence-electron chi connectivity index (χ2n) is 31.7. The molecule has 0 aliphatic rings. The molecule has 0 saturated heterocycles. The zero-order valence-corrected chi connectivity index (χ0v) is 88.4. The number of hydrogen-bond donors (Lipinski definition) is 0. The van der Waals surface area contributed by atoms with Gasteiger partial charge in [0.1, 0.15) is 17.7 Å². The minimum atomic E-state index is 0. The summed E-state index contributed by atoms with van der Waals surface area (Å²) in [5.41, 5.74) is 9.63. The van der Waals surface area contributed by atoms with E-state index in [1.54, 1.807) is 172 Å². The number of rotatable bonds is 12. The summed E-state index contributed by atoms with van der Waals surface area (Å²) in [4.78, 5) is 23.7. The third kappa shape index (κ3) is 18.0. The van der Waals surface area contributed by atoms with Crippen LogP contribution in [0.25, 0.3) is 200 Å². The molecule has 6 aromatic carbocycles. The zero-order valence-electron chi connectivity index (χ0n) is 74.8. The van der Waals surface area contributed by atoms with Gasteiger partial charge < -0.3 is 151 Å². The van der Waals surface area contributed by atoms with Crippen molar-refractivity contribution in [1.29, 1.82) is 0 Å². The largest absolute Gasteiger partial charge is 0.506 e. The molecule has 30 rings (SSSR count). The molecule has 144 heavy (non-hydrogen) atoms. The van der Waals surface area contributed by atoms with Crippen LogP contribution in [-0.2, 0) is 169 Å². The number of aromatic nitrogens is 24. The van der Waals surface area contributed by atoms with Crippen molar-refractivity contribution in [3.05, 3.63) is 373 Å². The molecule has 0 radical (unpaired) electrons. The predicted octanol–water partition coefficient (Wildman–Crippen LogP) is 14.3. The Hall–Kier alpha value is -15.6. The van der Waals surface area contributed by atoms with Crippen LogP contribution in [0.1, 0.15) is 0 Å². The van der Waals surface area contributed by atoms with Crippen LogP contribution in [-0.4, -0.2) is 84.7 Å². The Bertz CT molecular complexity index is 8230. The van der Waals surface area contributed by atoms with E-state index in [9.17, 15) is 0 Å². The van der Waals surface area contributed by atoms with E-state index in [1.807, 2.05) is 213 Å². The van der Waals surface area contributed by atoms with Gasteiger partial charge in [0.2, 0.25) is 55.6 Å². The molecule has 24 aromatic heterocycles. The van der Waals surface area contributed by atoms with E-state index in [2.05, 4.69) is 142 Å². The van der Waals surface area contributed by atoms with Crippen LogP contribution >= 0.6 is 0 Å². The van der Waals surface area contributed by atoms with Gasteiger partial charge in [-0.3, -0.25) is 13.7 Å². The Kier molecular flexibility index (Phi) is 27.3. The third-order valence-corrected chi connectivity index (χ3v) is 22.7. The van der Waals surface area contributed by atoms with Crippen LogP contribution in [0.4, 0.5) is 0 Å². The number of furan rings is 12. The molecule has 732 valence electrons. The van der Waals surface area contributed by atoms with Gasteiger partial charge >= 0.3 is 0 Å². The molecule has 0 atom stereocenters. The minimum Gasteiger partial charge on any atom is -0.506 e. The summed E-state index contributed by atoms with van der Waals surface area (Å²) in [5, 5.41) is 15.8. The first-order valence-electron chi connectivity index (χ1n) is 42.1. The van der Waals surface area contributed by atoms with Gasteiger partial charge in [-0.2, -0.15) is 0 Å². The first kappa shape index (κ1) is 97.3. The summed E-state index contributed by atoms with van der Waals surface area (Å²) in [7, 11) is 11.5. The first-order chi connectivity index (χ1) is 67.8. The fourth-order valence-corrected chi connectivity index (χ4v) is 16.1. The fraction of sp³-hybridized carbons (Fsp3) is 0.0588. The molecule has 0 unspecified atom stereocenters. The molecule has 0 saturated carbocycles. The number of benzene rings is 6. The van der Waals surface area contributed by atoms with Crippen LogP contribution in [0.5, 0.6) is 0 Å². The van der Waals surface area contributed by atoms with Gasteiger partial charge in [-0.15, -0.1) is 36.4 Å². The topological polar surface area (TPSA) is 317 Å². The molecule has 0 spiro atoms. The van der Waals surface area contributed by atoms with Crippen molar-refractivity contribution in [2.45, 2.75) is 0 Å². The monoisotopic (exact) mass is 2980 g/mol. The van der Waals surface area contributed by atoms with Crippen molar-refractivity contribution in [3.63, 3.8) is 0 Å². The summed E-state index contributed by atoms with van der Waals surface area (Å²) >= 11 is 0. The van der Waals surface area contributed by atoms with E-state index in [0.717, 1.165) is 165 Å². The van der Waals surface area contributed by atoms with Crippen LogP contribution in [0.3, 0.4) is 0 Å². The van der Waals surface area contributed by atoms with Gasteiger partial charge in [-0.25, -0.2) is 0 Å². The van der Waals surface area contributed by atoms with Crippen LogP contribution in [0.15, 0.2) is 313 Å². The molecule has 0 amide bonds. The van der Waals surface area contributed by atoms with Crippen molar-refractivity contribution in [3.8, 4) is 69.4 Å². The second-order valence-corrected chi connectivity index (χ2v) is 31.7. The Labute approximate surface area is 898 Å². The number of imidazole rings is 12. The Morgan fingerprint density at radius 2 is 0.354 bits per heavy atom. The van der Waals surface area contributed by atoms with Gasteiger partial charge in [0, 0.05) is 256 Å². The van der Waals surface area contributed by atoms with Crippen molar-refractivity contribution >= 4 is 130 Å². The molecular weight excluding hydrogens is 2920 g/mol. The second kappa shape index (κ2) is 40.5. The molecule has 30 aromatic rings. The van der Waals surface area contributed by atoms with E-state index in [4.69, 9.17) is 53.0 Å². The van der Waals surface area contributed by atoms with Crippen LogP contribution in [0, 0.1) is 112 Å². The smallest absolute Gasteiger partial charge is 0.247 e. The average Bonchev–Trinajstić information content (AvgIpc) is 1.63. The maximum Gasteiger partial charge on any atom is 0.247 e. The molecule has 0 fully saturated rings. The Balaban J connectivity index is 0.000000108. The maximum absolute atomic E-state index is 5.70. The summed E-state index contributed by atoms with van der Waals surface area (Å²) in [6, 6.07) is 32.0. The quantitative estimate of drug-likeness (QED) is 0.0810. The summed E-state index contributed by atoms with van der Waals surface area (Å²) in [5.74, 6) is 3.91. The third-order valence-electron chi connectivity index (χ3n) is 22.7. The number of fused-ring (bicyclic) bond motifs is 12. The molecule has 0 bridgehead atoms. The molecule has 0 N–H and O–H groups in total. The predicted molar refractivity (Wildman–Crippen MR) is 481 cm³/mol. The fourth-order valence-electron chi connectivity index (χ4n) is 16.1. The van der Waals surface area contributed by atoms with Crippen molar-refractivity contribution in [2.75, 3.05) is 0 Å². The SMILES string of the molecule is C[n+]1[c-]n(-c2coc3cc4coc(-n5[c-]ncc5)c4[c-]c23)cc1.C[n+]1[c-]n(-c2coc3cc4coc(-n5[c-]ncc5)c4[c-]c23)cc1.C[n+]1[c-]n(-c2coc3cc4coc(-n5[c-]ncc5)c4[c-]c23)cc1.C[n+]1[c-]n(-c2occ3cc4occ(-n5[c-]ncc5)c4[c-]c23)cc1.C[n+]1[c-]n(-c2occ3cc4occ(-n5[c-]ncc5)c4[c-]c23)cc1.C[n+]1[c-]n(-c2occ3cc4occ(-n5[c-]ncc5)c4[c-]c23)cc1.[Pt].[Pt].[Pt].[Pt].[Pt].[Pt]. The molecule has 0 aliphatic heterocycles. The van der Waals surface area contributed by atoms with Gasteiger partial charge in [-0.1, -0.05) is 143 Å². The molecule has 24 heterocycles. The average molecular weight is 2980 g/mol. The van der Waals surface area contributed by atoms with Crippen LogP contribution in [0.2, 0.25) is 0 Å². The number of hydrogen-bond acceptors (Lipinski definition) is 18. The summed E-state index contributed by atoms with van der Waals surface area (Å²) in [6.45, 7) is 0. The van der Waals surface area contributed by atoms with Crippen molar-refractivity contribution in [2.24, 2.45) is 42.3 Å². The van der Waals surface area contributed by atoms with Crippen molar-refractivity contribution in [1.82, 2.24) is 84.7 Å². The van der Waals surface area contributed by atoms with E-state index in [0.29, 0.717) is 35.3 Å². The van der Waals surface area contributed by atoms with Crippen molar-refractivity contribution < 1.29 is 207 Å². The van der Waals surface area contributed by atoms with Crippen LogP contribution < -0.4 is 27.4 Å².